The van der Waals surface area contributed by atoms with Crippen LogP contribution < -0.4 is 10.6 Å². The van der Waals surface area contributed by atoms with Gasteiger partial charge in [0.1, 0.15) is 5.69 Å². The van der Waals surface area contributed by atoms with Gasteiger partial charge in [-0.15, -0.1) is 0 Å². The SMILES string of the molecule is CN(C(=O)CNC(=O)c1ccccn1)C1CCNC1. The Morgan fingerprint density at radius 1 is 1.53 bits per heavy atom. The van der Waals surface area contributed by atoms with Crippen molar-refractivity contribution in [1.29, 1.82) is 0 Å². The lowest BCUT2D eigenvalue weighted by Gasteiger charge is -2.23. The van der Waals surface area contributed by atoms with Crippen LogP contribution in [0.3, 0.4) is 0 Å². The number of rotatable bonds is 4. The monoisotopic (exact) mass is 262 g/mol. The molecule has 1 aromatic heterocycles. The van der Waals surface area contributed by atoms with Gasteiger partial charge in [0, 0.05) is 25.8 Å². The summed E-state index contributed by atoms with van der Waals surface area (Å²) < 4.78 is 0. The molecule has 6 nitrogen and oxygen atoms in total. The lowest BCUT2D eigenvalue weighted by atomic mass is 10.2. The molecule has 1 aliphatic rings. The van der Waals surface area contributed by atoms with Crippen LogP contribution in [0.1, 0.15) is 16.9 Å². The molecule has 2 rings (SSSR count). The van der Waals surface area contributed by atoms with Gasteiger partial charge in [0.2, 0.25) is 5.91 Å². The second-order valence-electron chi connectivity index (χ2n) is 4.55. The number of hydrogen-bond donors (Lipinski definition) is 2. The largest absolute Gasteiger partial charge is 0.342 e. The van der Waals surface area contributed by atoms with Gasteiger partial charge in [0.25, 0.3) is 5.91 Å². The number of hydrogen-bond acceptors (Lipinski definition) is 4. The third-order valence-corrected chi connectivity index (χ3v) is 3.27. The first-order valence-corrected chi connectivity index (χ1v) is 6.34. The van der Waals surface area contributed by atoms with Crippen molar-refractivity contribution in [3.8, 4) is 0 Å². The minimum atomic E-state index is -0.327. The van der Waals surface area contributed by atoms with Crippen molar-refractivity contribution in [2.45, 2.75) is 12.5 Å². The summed E-state index contributed by atoms with van der Waals surface area (Å²) in [4.78, 5) is 29.3. The van der Waals surface area contributed by atoms with Crippen molar-refractivity contribution in [2.24, 2.45) is 0 Å². The topological polar surface area (TPSA) is 74.3 Å². The summed E-state index contributed by atoms with van der Waals surface area (Å²) in [5, 5.41) is 5.80. The Morgan fingerprint density at radius 3 is 3.00 bits per heavy atom. The number of pyridine rings is 1. The molecule has 2 N–H and O–H groups in total. The molecular formula is C13H18N4O2. The van der Waals surface area contributed by atoms with E-state index in [9.17, 15) is 9.59 Å². The second kappa shape index (κ2) is 6.29. The lowest BCUT2D eigenvalue weighted by molar-refractivity contribution is -0.130. The molecule has 1 saturated heterocycles. The van der Waals surface area contributed by atoms with E-state index in [0.29, 0.717) is 5.69 Å². The van der Waals surface area contributed by atoms with E-state index < -0.39 is 0 Å². The molecule has 1 atom stereocenters. The summed E-state index contributed by atoms with van der Waals surface area (Å²) in [6, 6.07) is 5.31. The summed E-state index contributed by atoms with van der Waals surface area (Å²) in [5.74, 6) is -0.412. The van der Waals surface area contributed by atoms with Crippen LogP contribution >= 0.6 is 0 Å². The summed E-state index contributed by atoms with van der Waals surface area (Å²) in [6.07, 6.45) is 2.50. The minimum Gasteiger partial charge on any atom is -0.342 e. The highest BCUT2D eigenvalue weighted by Crippen LogP contribution is 2.05. The van der Waals surface area contributed by atoms with Crippen LogP contribution in [0.25, 0.3) is 0 Å². The first-order valence-electron chi connectivity index (χ1n) is 6.34. The predicted molar refractivity (Wildman–Crippen MR) is 70.6 cm³/mol. The molecule has 2 heterocycles. The van der Waals surface area contributed by atoms with Crippen LogP contribution in [-0.2, 0) is 4.79 Å². The van der Waals surface area contributed by atoms with Gasteiger partial charge in [-0.2, -0.15) is 0 Å². The first-order chi connectivity index (χ1) is 9.18. The van der Waals surface area contributed by atoms with E-state index in [1.165, 1.54) is 0 Å². The normalized spacial score (nSPS) is 18.1. The molecule has 0 spiro atoms. The van der Waals surface area contributed by atoms with Crippen molar-refractivity contribution in [2.75, 3.05) is 26.7 Å². The maximum atomic E-state index is 11.9. The molecule has 102 valence electrons. The fourth-order valence-corrected chi connectivity index (χ4v) is 2.04. The van der Waals surface area contributed by atoms with Crippen LogP contribution in [0.2, 0.25) is 0 Å². The predicted octanol–water partition coefficient (Wildman–Crippen LogP) is -0.368. The summed E-state index contributed by atoms with van der Waals surface area (Å²) >= 11 is 0. The van der Waals surface area contributed by atoms with E-state index >= 15 is 0 Å². The number of amides is 2. The van der Waals surface area contributed by atoms with Gasteiger partial charge >= 0.3 is 0 Å². The Hall–Kier alpha value is -1.95. The Kier molecular flexibility index (Phi) is 4.46. The fourth-order valence-electron chi connectivity index (χ4n) is 2.04. The molecule has 0 bridgehead atoms. The van der Waals surface area contributed by atoms with Crippen LogP contribution in [0.15, 0.2) is 24.4 Å². The summed E-state index contributed by atoms with van der Waals surface area (Å²) in [7, 11) is 1.77. The molecule has 6 heteroatoms. The molecular weight excluding hydrogens is 244 g/mol. The number of aromatic nitrogens is 1. The molecule has 1 unspecified atom stereocenters. The van der Waals surface area contributed by atoms with E-state index in [1.807, 2.05) is 0 Å². The van der Waals surface area contributed by atoms with Crippen molar-refractivity contribution >= 4 is 11.8 Å². The molecule has 1 aromatic rings. The Balaban J connectivity index is 1.81. The molecule has 2 amide bonds. The number of nitrogens with zero attached hydrogens (tertiary/aromatic N) is 2. The van der Waals surface area contributed by atoms with Crippen molar-refractivity contribution in [3.05, 3.63) is 30.1 Å². The number of carbonyl (C=O) groups excluding carboxylic acids is 2. The fraction of sp³-hybridized carbons (Fsp3) is 0.462. The van der Waals surface area contributed by atoms with Crippen molar-refractivity contribution < 1.29 is 9.59 Å². The first kappa shape index (κ1) is 13.5. The average Bonchev–Trinajstić information content (AvgIpc) is 2.98. The van der Waals surface area contributed by atoms with E-state index in [1.54, 1.807) is 36.3 Å². The molecule has 0 aromatic carbocycles. The van der Waals surface area contributed by atoms with Crippen LogP contribution in [0, 0.1) is 0 Å². The van der Waals surface area contributed by atoms with Crippen LogP contribution in [0.5, 0.6) is 0 Å². The van der Waals surface area contributed by atoms with Gasteiger partial charge in [0.05, 0.1) is 6.54 Å². The molecule has 0 saturated carbocycles. The Morgan fingerprint density at radius 2 is 2.37 bits per heavy atom. The molecule has 19 heavy (non-hydrogen) atoms. The van der Waals surface area contributed by atoms with Crippen LogP contribution in [-0.4, -0.2) is 54.4 Å². The standard InChI is InChI=1S/C13H18N4O2/c1-17(10-5-7-14-8-10)12(18)9-16-13(19)11-4-2-3-6-15-11/h2-4,6,10,14H,5,7-9H2,1H3,(H,16,19). The van der Waals surface area contributed by atoms with Gasteiger partial charge < -0.3 is 15.5 Å². The van der Waals surface area contributed by atoms with Gasteiger partial charge in [-0.1, -0.05) is 6.07 Å². The summed E-state index contributed by atoms with van der Waals surface area (Å²) in [5.41, 5.74) is 0.320. The zero-order valence-corrected chi connectivity index (χ0v) is 10.9. The third-order valence-electron chi connectivity index (χ3n) is 3.27. The highest BCUT2D eigenvalue weighted by molar-refractivity contribution is 5.94. The lowest BCUT2D eigenvalue weighted by Crippen LogP contribution is -2.44. The number of likely N-dealkylation sites (N-methyl/N-ethyl adjacent to an activating group) is 1. The second-order valence-corrected chi connectivity index (χ2v) is 4.55. The maximum absolute atomic E-state index is 11.9. The third kappa shape index (κ3) is 3.51. The van der Waals surface area contributed by atoms with Gasteiger partial charge in [-0.25, -0.2) is 0 Å². The molecule has 1 aliphatic heterocycles. The van der Waals surface area contributed by atoms with Gasteiger partial charge in [-0.05, 0) is 25.1 Å². The number of nitrogens with one attached hydrogen (secondary N) is 2. The Labute approximate surface area is 112 Å². The average molecular weight is 262 g/mol. The zero-order chi connectivity index (χ0) is 13.7. The number of carbonyl (C=O) groups is 2. The smallest absolute Gasteiger partial charge is 0.270 e. The summed E-state index contributed by atoms with van der Waals surface area (Å²) in [6.45, 7) is 1.75. The molecule has 0 aliphatic carbocycles. The van der Waals surface area contributed by atoms with E-state index in [0.717, 1.165) is 19.5 Å². The minimum absolute atomic E-state index is 0.00239. The van der Waals surface area contributed by atoms with E-state index in [2.05, 4.69) is 15.6 Å². The van der Waals surface area contributed by atoms with E-state index in [4.69, 9.17) is 0 Å². The van der Waals surface area contributed by atoms with Crippen molar-refractivity contribution in [3.63, 3.8) is 0 Å². The highest BCUT2D eigenvalue weighted by atomic mass is 16.2. The van der Waals surface area contributed by atoms with E-state index in [-0.39, 0.29) is 24.4 Å². The Bertz CT molecular complexity index is 443. The quantitative estimate of drug-likeness (QED) is 0.776. The molecule has 0 radical (unpaired) electrons. The van der Waals surface area contributed by atoms with Gasteiger partial charge in [0.15, 0.2) is 0 Å². The zero-order valence-electron chi connectivity index (χ0n) is 10.9. The van der Waals surface area contributed by atoms with Crippen molar-refractivity contribution in [1.82, 2.24) is 20.5 Å². The van der Waals surface area contributed by atoms with Gasteiger partial charge in [-0.3, -0.25) is 14.6 Å². The molecule has 1 fully saturated rings. The maximum Gasteiger partial charge on any atom is 0.270 e. The van der Waals surface area contributed by atoms with Crippen LogP contribution in [0.4, 0.5) is 0 Å². The highest BCUT2D eigenvalue weighted by Gasteiger charge is 2.23.